The topological polar surface area (TPSA) is 102 Å². The molecule has 1 fully saturated rings. The van der Waals surface area contributed by atoms with Crippen LogP contribution in [0.5, 0.6) is 0 Å². The molecule has 1 heterocycles. The monoisotopic (exact) mass is 516 g/mol. The zero-order valence-corrected chi connectivity index (χ0v) is 22.2. The Labute approximate surface area is 219 Å². The number of rotatable bonds is 6. The minimum absolute atomic E-state index is 0.104. The van der Waals surface area contributed by atoms with Gasteiger partial charge in [0.25, 0.3) is 0 Å². The second kappa shape index (κ2) is 10.8. The van der Waals surface area contributed by atoms with Gasteiger partial charge >= 0.3 is 0 Å². The third-order valence-electron chi connectivity index (χ3n) is 6.19. The Morgan fingerprint density at radius 2 is 1.73 bits per heavy atom. The van der Waals surface area contributed by atoms with Crippen LogP contribution in [0, 0.1) is 11.3 Å². The van der Waals surface area contributed by atoms with Crippen molar-refractivity contribution in [2.45, 2.75) is 56.5 Å². The second-order valence-electron chi connectivity index (χ2n) is 10.3. The van der Waals surface area contributed by atoms with E-state index in [0.717, 1.165) is 37.1 Å². The van der Waals surface area contributed by atoms with Crippen molar-refractivity contribution in [2.75, 3.05) is 16.8 Å². The van der Waals surface area contributed by atoms with Gasteiger partial charge in [0.1, 0.15) is 6.04 Å². The van der Waals surface area contributed by atoms with Gasteiger partial charge in [-0.3, -0.25) is 4.79 Å². The highest BCUT2D eigenvalue weighted by atomic mass is 32.2. The van der Waals surface area contributed by atoms with Gasteiger partial charge in [-0.15, -0.1) is 0 Å². The molecule has 3 aromatic rings. The maximum Gasteiger partial charge on any atom is 0.247 e. The highest BCUT2D eigenvalue weighted by molar-refractivity contribution is 7.89. The Hall–Kier alpha value is -3.67. The molecule has 1 saturated heterocycles. The Morgan fingerprint density at radius 1 is 1.00 bits per heavy atom. The number of nitrogens with one attached hydrogen (secondary N) is 2. The fourth-order valence-corrected chi connectivity index (χ4v) is 6.27. The molecule has 7 nitrogen and oxygen atoms in total. The molecule has 2 N–H and O–H groups in total. The zero-order valence-electron chi connectivity index (χ0n) is 21.4. The van der Waals surface area contributed by atoms with Crippen molar-refractivity contribution in [3.8, 4) is 17.2 Å². The number of nitrogens with zero attached hydrogens (tertiary/aromatic N) is 2. The highest BCUT2D eigenvalue weighted by Gasteiger charge is 2.29. The first-order chi connectivity index (χ1) is 17.6. The van der Waals surface area contributed by atoms with Crippen LogP contribution in [0.25, 0.3) is 11.1 Å². The summed E-state index contributed by atoms with van der Waals surface area (Å²) < 4.78 is 28.8. The zero-order chi connectivity index (χ0) is 26.6. The summed E-state index contributed by atoms with van der Waals surface area (Å²) in [5, 5.41) is 12.3. The third kappa shape index (κ3) is 6.37. The molecule has 3 aromatic carbocycles. The fourth-order valence-electron chi connectivity index (χ4n) is 4.62. The molecule has 1 amide bonds. The van der Waals surface area contributed by atoms with E-state index in [1.54, 1.807) is 63.2 Å². The first-order valence-electron chi connectivity index (χ1n) is 12.4. The van der Waals surface area contributed by atoms with Gasteiger partial charge in [0.05, 0.1) is 16.5 Å². The first kappa shape index (κ1) is 26.4. The van der Waals surface area contributed by atoms with Crippen molar-refractivity contribution in [2.24, 2.45) is 0 Å². The van der Waals surface area contributed by atoms with Gasteiger partial charge < -0.3 is 10.2 Å². The minimum Gasteiger partial charge on any atom is -0.359 e. The summed E-state index contributed by atoms with van der Waals surface area (Å²) in [6.07, 6.45) is 2.67. The van der Waals surface area contributed by atoms with Crippen LogP contribution in [-0.4, -0.2) is 32.5 Å². The van der Waals surface area contributed by atoms with Gasteiger partial charge in [-0.25, -0.2) is 13.1 Å². The summed E-state index contributed by atoms with van der Waals surface area (Å²) >= 11 is 0. The summed E-state index contributed by atoms with van der Waals surface area (Å²) in [6, 6.07) is 23.3. The lowest BCUT2D eigenvalue weighted by molar-refractivity contribution is -0.117. The van der Waals surface area contributed by atoms with Crippen LogP contribution in [0.3, 0.4) is 0 Å². The minimum atomic E-state index is -3.72. The van der Waals surface area contributed by atoms with Gasteiger partial charge in [0, 0.05) is 29.0 Å². The number of benzene rings is 3. The molecular formula is C29H32N4O3S. The number of carbonyl (C=O) groups excluding carboxylic acids is 1. The molecule has 0 unspecified atom stereocenters. The highest BCUT2D eigenvalue weighted by Crippen LogP contribution is 2.30. The summed E-state index contributed by atoms with van der Waals surface area (Å²) in [5.41, 5.74) is 2.80. The van der Waals surface area contributed by atoms with Crippen LogP contribution >= 0.6 is 0 Å². The molecule has 1 aliphatic rings. The third-order valence-corrected chi connectivity index (χ3v) is 8.01. The van der Waals surface area contributed by atoms with E-state index < -0.39 is 15.6 Å². The molecule has 0 saturated carbocycles. The first-order valence-corrected chi connectivity index (χ1v) is 13.9. The van der Waals surface area contributed by atoms with Crippen LogP contribution in [-0.2, 0) is 14.8 Å². The second-order valence-corrected chi connectivity index (χ2v) is 11.9. The summed E-state index contributed by atoms with van der Waals surface area (Å²) in [6.45, 7) is 6.16. The van der Waals surface area contributed by atoms with Crippen LogP contribution in [0.2, 0.25) is 0 Å². The van der Waals surface area contributed by atoms with E-state index in [1.165, 1.54) is 0 Å². The normalized spacial score (nSPS) is 16.2. The molecule has 1 atom stereocenters. The van der Waals surface area contributed by atoms with Crippen molar-refractivity contribution < 1.29 is 13.2 Å². The number of sulfonamides is 1. The molecule has 0 radical (unpaired) electrons. The number of anilines is 2. The van der Waals surface area contributed by atoms with Crippen LogP contribution in [0.15, 0.2) is 77.7 Å². The molecule has 0 aromatic heterocycles. The van der Waals surface area contributed by atoms with Gasteiger partial charge in [-0.1, -0.05) is 36.4 Å². The van der Waals surface area contributed by atoms with Crippen molar-refractivity contribution in [3.05, 3.63) is 78.4 Å². The van der Waals surface area contributed by atoms with Crippen LogP contribution in [0.4, 0.5) is 11.4 Å². The largest absolute Gasteiger partial charge is 0.359 e. The van der Waals surface area contributed by atoms with Gasteiger partial charge in [0.15, 0.2) is 0 Å². The average Bonchev–Trinajstić information content (AvgIpc) is 2.88. The van der Waals surface area contributed by atoms with E-state index in [-0.39, 0.29) is 16.8 Å². The molecule has 0 bridgehead atoms. The number of amides is 1. The summed E-state index contributed by atoms with van der Waals surface area (Å²) in [4.78, 5) is 15.5. The van der Waals surface area contributed by atoms with E-state index in [9.17, 15) is 18.5 Å². The maximum absolute atomic E-state index is 13.3. The number of piperidine rings is 1. The Morgan fingerprint density at radius 3 is 2.43 bits per heavy atom. The van der Waals surface area contributed by atoms with Crippen LogP contribution in [0.1, 0.15) is 45.6 Å². The molecule has 192 valence electrons. The molecule has 0 aliphatic carbocycles. The molecule has 0 spiro atoms. The van der Waals surface area contributed by atoms with E-state index >= 15 is 0 Å². The standard InChI is InChI=1S/C29H32N4O3S/c1-29(2,3)32-37(35,36)27-13-5-4-11-25(27)22-14-16-23(17-15-22)31-28(34)26-12-6-7-18-33(26)24-10-8-9-21(19-24)20-30/h4-5,8-11,13-17,19,26,32H,6-7,12,18H2,1-3H3,(H,31,34)/t26-/m1/s1. The lowest BCUT2D eigenvalue weighted by Crippen LogP contribution is -2.47. The number of carbonyl (C=O) groups is 1. The Balaban J connectivity index is 1.54. The Kier molecular flexibility index (Phi) is 7.67. The maximum atomic E-state index is 13.3. The lowest BCUT2D eigenvalue weighted by atomic mass is 9.99. The SMILES string of the molecule is CC(C)(C)NS(=O)(=O)c1ccccc1-c1ccc(NC(=O)[C@H]2CCCCN2c2cccc(C#N)c2)cc1. The van der Waals surface area contributed by atoms with Gasteiger partial charge in [-0.2, -0.15) is 5.26 Å². The summed E-state index contributed by atoms with van der Waals surface area (Å²) in [7, 11) is -3.72. The van der Waals surface area contributed by atoms with E-state index in [2.05, 4.69) is 21.0 Å². The van der Waals surface area contributed by atoms with Gasteiger partial charge in [-0.05, 0) is 82.0 Å². The van der Waals surface area contributed by atoms with Gasteiger partial charge in [0.2, 0.25) is 15.9 Å². The van der Waals surface area contributed by atoms with E-state index in [1.807, 2.05) is 30.3 Å². The number of hydrogen-bond acceptors (Lipinski definition) is 5. The molecule has 1 aliphatic heterocycles. The molecule has 37 heavy (non-hydrogen) atoms. The van der Waals surface area contributed by atoms with E-state index in [4.69, 9.17) is 0 Å². The number of hydrogen-bond donors (Lipinski definition) is 2. The fraction of sp³-hybridized carbons (Fsp3) is 0.310. The van der Waals surface area contributed by atoms with Crippen molar-refractivity contribution >= 4 is 27.3 Å². The van der Waals surface area contributed by atoms with Crippen molar-refractivity contribution in [3.63, 3.8) is 0 Å². The van der Waals surface area contributed by atoms with E-state index in [0.29, 0.717) is 16.8 Å². The predicted molar refractivity (Wildman–Crippen MR) is 147 cm³/mol. The smallest absolute Gasteiger partial charge is 0.247 e. The van der Waals surface area contributed by atoms with Crippen molar-refractivity contribution in [1.82, 2.24) is 4.72 Å². The predicted octanol–water partition coefficient (Wildman–Crippen LogP) is 5.30. The summed E-state index contributed by atoms with van der Waals surface area (Å²) in [5.74, 6) is -0.104. The molecule has 4 rings (SSSR count). The van der Waals surface area contributed by atoms with Crippen molar-refractivity contribution in [1.29, 1.82) is 5.26 Å². The number of nitriles is 1. The molecule has 8 heteroatoms. The Bertz CT molecular complexity index is 1420. The average molecular weight is 517 g/mol. The quantitative estimate of drug-likeness (QED) is 0.463. The van der Waals surface area contributed by atoms with Crippen LogP contribution < -0.4 is 14.9 Å². The molecular weight excluding hydrogens is 484 g/mol. The lowest BCUT2D eigenvalue weighted by Gasteiger charge is -2.36.